The molecule has 0 spiro atoms. The Hall–Kier alpha value is -1.04. The molecule has 2 heterocycles. The van der Waals surface area contributed by atoms with Crippen LogP contribution in [0.5, 0.6) is 0 Å². The largest absolute Gasteiger partial charge is 0.331 e. The van der Waals surface area contributed by atoms with Gasteiger partial charge in [0.15, 0.2) is 0 Å². The molecule has 2 rings (SSSR count). The molecule has 2 saturated heterocycles. The molecule has 2 aliphatic rings. The predicted molar refractivity (Wildman–Crippen MR) is 55.3 cm³/mol. The maximum atomic E-state index is 11.6. The summed E-state index contributed by atoms with van der Waals surface area (Å²) in [6, 6.07) is -0.569. The lowest BCUT2D eigenvalue weighted by Gasteiger charge is -2.34. The monoisotopic (exact) mass is 228 g/mol. The predicted octanol–water partition coefficient (Wildman–Crippen LogP) is 0.351. The minimum Gasteiger partial charge on any atom is -0.277 e. The Kier molecular flexibility index (Phi) is 2.95. The van der Waals surface area contributed by atoms with E-state index in [1.54, 1.807) is 0 Å². The summed E-state index contributed by atoms with van der Waals surface area (Å²) in [5, 5.41) is 2.18. The van der Waals surface area contributed by atoms with Gasteiger partial charge in [-0.1, -0.05) is 0 Å². The van der Waals surface area contributed by atoms with Gasteiger partial charge in [-0.3, -0.25) is 19.8 Å². The van der Waals surface area contributed by atoms with Crippen LogP contribution >= 0.6 is 11.8 Å². The van der Waals surface area contributed by atoms with E-state index in [4.69, 9.17) is 0 Å². The molecule has 2 fully saturated rings. The third-order valence-corrected chi connectivity index (χ3v) is 3.65. The highest BCUT2D eigenvalue weighted by molar-refractivity contribution is 7.99. The first-order valence-corrected chi connectivity index (χ1v) is 6.07. The van der Waals surface area contributed by atoms with Crippen LogP contribution < -0.4 is 5.32 Å². The van der Waals surface area contributed by atoms with Crippen molar-refractivity contribution in [2.45, 2.75) is 25.3 Å². The van der Waals surface area contributed by atoms with Crippen molar-refractivity contribution in [2.24, 2.45) is 0 Å². The number of barbiturate groups is 1. The molecule has 0 radical (unpaired) electrons. The van der Waals surface area contributed by atoms with Crippen molar-refractivity contribution in [3.05, 3.63) is 0 Å². The van der Waals surface area contributed by atoms with E-state index in [0.717, 1.165) is 24.3 Å². The second-order valence-corrected chi connectivity index (χ2v) is 4.86. The van der Waals surface area contributed by atoms with Crippen molar-refractivity contribution in [3.63, 3.8) is 0 Å². The summed E-state index contributed by atoms with van der Waals surface area (Å²) >= 11 is 1.83. The number of hydrogen-bond donors (Lipinski definition) is 1. The molecule has 15 heavy (non-hydrogen) atoms. The fraction of sp³-hybridized carbons (Fsp3) is 0.667. The van der Waals surface area contributed by atoms with Crippen molar-refractivity contribution in [2.75, 3.05) is 11.5 Å². The van der Waals surface area contributed by atoms with Crippen LogP contribution in [0.1, 0.15) is 19.3 Å². The maximum absolute atomic E-state index is 11.6. The van der Waals surface area contributed by atoms with Gasteiger partial charge in [-0.15, -0.1) is 0 Å². The summed E-state index contributed by atoms with van der Waals surface area (Å²) in [6.45, 7) is 0. The second kappa shape index (κ2) is 4.22. The van der Waals surface area contributed by atoms with Crippen molar-refractivity contribution in [1.82, 2.24) is 10.2 Å². The number of carbonyl (C=O) groups excluding carboxylic acids is 3. The van der Waals surface area contributed by atoms with Crippen LogP contribution in [0.4, 0.5) is 4.79 Å². The van der Waals surface area contributed by atoms with E-state index >= 15 is 0 Å². The summed E-state index contributed by atoms with van der Waals surface area (Å²) in [7, 11) is 0. The SMILES string of the molecule is O=C1CC(=O)N(C2CCSCC2)C(=O)N1. The Balaban J connectivity index is 2.09. The average molecular weight is 228 g/mol. The van der Waals surface area contributed by atoms with Crippen molar-refractivity contribution < 1.29 is 14.4 Å². The second-order valence-electron chi connectivity index (χ2n) is 3.64. The van der Waals surface area contributed by atoms with Gasteiger partial charge in [0.05, 0.1) is 0 Å². The molecule has 0 saturated carbocycles. The highest BCUT2D eigenvalue weighted by Crippen LogP contribution is 2.23. The van der Waals surface area contributed by atoms with Gasteiger partial charge in [0.1, 0.15) is 6.42 Å². The molecule has 0 aromatic rings. The van der Waals surface area contributed by atoms with Crippen LogP contribution in [-0.4, -0.2) is 40.3 Å². The van der Waals surface area contributed by atoms with Crippen LogP contribution in [0.2, 0.25) is 0 Å². The lowest BCUT2D eigenvalue weighted by Crippen LogP contribution is -2.57. The third-order valence-electron chi connectivity index (χ3n) is 2.60. The molecule has 6 heteroatoms. The van der Waals surface area contributed by atoms with Crippen molar-refractivity contribution in [1.29, 1.82) is 0 Å². The average Bonchev–Trinajstić information content (AvgIpc) is 2.17. The summed E-state index contributed by atoms with van der Waals surface area (Å²) < 4.78 is 0. The van der Waals surface area contributed by atoms with E-state index < -0.39 is 11.9 Å². The molecule has 1 N–H and O–H groups in total. The van der Waals surface area contributed by atoms with Crippen LogP contribution in [0.25, 0.3) is 0 Å². The molecular weight excluding hydrogens is 216 g/mol. The first kappa shape index (κ1) is 10.5. The molecule has 0 bridgehead atoms. The number of urea groups is 1. The van der Waals surface area contributed by atoms with E-state index in [-0.39, 0.29) is 18.4 Å². The summed E-state index contributed by atoms with van der Waals surface area (Å²) in [5.41, 5.74) is 0. The number of carbonyl (C=O) groups is 3. The zero-order chi connectivity index (χ0) is 10.8. The Labute approximate surface area is 91.6 Å². The van der Waals surface area contributed by atoms with Crippen LogP contribution in [0.15, 0.2) is 0 Å². The minimum absolute atomic E-state index is 0.0214. The van der Waals surface area contributed by atoms with Gasteiger partial charge >= 0.3 is 6.03 Å². The molecule has 4 amide bonds. The van der Waals surface area contributed by atoms with Gasteiger partial charge in [0.25, 0.3) is 0 Å². The normalized spacial score (nSPS) is 24.3. The molecule has 2 aliphatic heterocycles. The third kappa shape index (κ3) is 2.14. The van der Waals surface area contributed by atoms with Crippen LogP contribution in [-0.2, 0) is 9.59 Å². The number of rotatable bonds is 1. The van der Waals surface area contributed by atoms with Gasteiger partial charge in [0, 0.05) is 6.04 Å². The number of hydrogen-bond acceptors (Lipinski definition) is 4. The molecular formula is C9H12N2O3S. The number of nitrogens with zero attached hydrogens (tertiary/aromatic N) is 1. The Morgan fingerprint density at radius 3 is 2.47 bits per heavy atom. The highest BCUT2D eigenvalue weighted by Gasteiger charge is 2.36. The van der Waals surface area contributed by atoms with E-state index in [9.17, 15) is 14.4 Å². The number of imide groups is 2. The van der Waals surface area contributed by atoms with Gasteiger partial charge in [-0.25, -0.2) is 4.79 Å². The van der Waals surface area contributed by atoms with Crippen molar-refractivity contribution >= 4 is 29.6 Å². The molecule has 82 valence electrons. The lowest BCUT2D eigenvalue weighted by molar-refractivity contribution is -0.137. The smallest absolute Gasteiger partial charge is 0.277 e. The van der Waals surface area contributed by atoms with Crippen molar-refractivity contribution in [3.8, 4) is 0 Å². The van der Waals surface area contributed by atoms with Gasteiger partial charge in [-0.05, 0) is 24.3 Å². The molecule has 0 unspecified atom stereocenters. The van der Waals surface area contributed by atoms with Crippen LogP contribution in [0.3, 0.4) is 0 Å². The fourth-order valence-electron chi connectivity index (χ4n) is 1.87. The van der Waals surface area contributed by atoms with Gasteiger partial charge < -0.3 is 0 Å². The maximum Gasteiger partial charge on any atom is 0.331 e. The number of amides is 4. The molecule has 0 aromatic heterocycles. The quantitative estimate of drug-likeness (QED) is 0.658. The Morgan fingerprint density at radius 1 is 1.20 bits per heavy atom. The Bertz CT molecular complexity index is 292. The number of thioether (sulfide) groups is 1. The lowest BCUT2D eigenvalue weighted by atomic mass is 10.1. The van der Waals surface area contributed by atoms with E-state index in [1.807, 2.05) is 11.8 Å². The number of nitrogens with one attached hydrogen (secondary N) is 1. The topological polar surface area (TPSA) is 66.5 Å². The van der Waals surface area contributed by atoms with E-state index in [0.29, 0.717) is 0 Å². The first-order chi connectivity index (χ1) is 7.18. The van der Waals surface area contributed by atoms with Crippen LogP contribution in [0, 0.1) is 0 Å². The molecule has 0 atom stereocenters. The Morgan fingerprint density at radius 2 is 1.87 bits per heavy atom. The highest BCUT2D eigenvalue weighted by atomic mass is 32.2. The van der Waals surface area contributed by atoms with E-state index in [1.165, 1.54) is 4.90 Å². The summed E-state index contributed by atoms with van der Waals surface area (Å²) in [5.74, 6) is 1.08. The first-order valence-electron chi connectivity index (χ1n) is 4.92. The minimum atomic E-state index is -0.548. The van der Waals surface area contributed by atoms with Gasteiger partial charge in [0.2, 0.25) is 11.8 Å². The molecule has 0 aliphatic carbocycles. The molecule has 5 nitrogen and oxygen atoms in total. The fourth-order valence-corrected chi connectivity index (χ4v) is 2.95. The summed E-state index contributed by atoms with van der Waals surface area (Å²) in [6.07, 6.45) is 1.46. The van der Waals surface area contributed by atoms with Gasteiger partial charge in [-0.2, -0.15) is 11.8 Å². The molecule has 0 aromatic carbocycles. The summed E-state index contributed by atoms with van der Waals surface area (Å²) in [4.78, 5) is 35.2. The van der Waals surface area contributed by atoms with E-state index in [2.05, 4.69) is 5.32 Å². The zero-order valence-corrected chi connectivity index (χ0v) is 9.01. The standard InChI is InChI=1S/C9H12N2O3S/c12-7-5-8(13)11(9(14)10-7)6-1-3-15-4-2-6/h6H,1-5H2,(H,10,12,14). The zero-order valence-electron chi connectivity index (χ0n) is 8.19.